The lowest BCUT2D eigenvalue weighted by atomic mass is 9.94. The fourth-order valence-electron chi connectivity index (χ4n) is 2.65. The van der Waals surface area contributed by atoms with Crippen LogP contribution in [-0.4, -0.2) is 53.8 Å². The van der Waals surface area contributed by atoms with Crippen molar-refractivity contribution >= 4 is 11.8 Å². The molecule has 1 unspecified atom stereocenters. The molecule has 5 heteroatoms. The van der Waals surface area contributed by atoms with Crippen molar-refractivity contribution in [1.29, 1.82) is 0 Å². The summed E-state index contributed by atoms with van der Waals surface area (Å²) in [4.78, 5) is 27.7. The van der Waals surface area contributed by atoms with Gasteiger partial charge in [-0.3, -0.25) is 9.59 Å². The second-order valence-corrected chi connectivity index (χ2v) is 6.23. The number of nitrogens with zero attached hydrogens (tertiary/aromatic N) is 2. The van der Waals surface area contributed by atoms with Crippen molar-refractivity contribution in [3.8, 4) is 0 Å². The lowest BCUT2D eigenvalue weighted by Crippen LogP contribution is -2.54. The van der Waals surface area contributed by atoms with Crippen molar-refractivity contribution in [2.24, 2.45) is 5.73 Å². The molecular weight excluding hydrogens is 254 g/mol. The first kappa shape index (κ1) is 17.0. The molecule has 2 amide bonds. The first-order valence-corrected chi connectivity index (χ1v) is 7.59. The maximum atomic E-state index is 12.3. The Kier molecular flexibility index (Phi) is 5.99. The predicted molar refractivity (Wildman–Crippen MR) is 80.2 cm³/mol. The number of hydrogen-bond acceptors (Lipinski definition) is 3. The third kappa shape index (κ3) is 4.20. The topological polar surface area (TPSA) is 66.6 Å². The summed E-state index contributed by atoms with van der Waals surface area (Å²) in [6, 6.07) is 0.329. The second-order valence-electron chi connectivity index (χ2n) is 6.23. The molecule has 0 spiro atoms. The first-order chi connectivity index (χ1) is 9.29. The van der Waals surface area contributed by atoms with Crippen LogP contribution in [0.3, 0.4) is 0 Å². The van der Waals surface area contributed by atoms with Crippen LogP contribution in [0.25, 0.3) is 0 Å². The molecule has 1 aliphatic carbocycles. The summed E-state index contributed by atoms with van der Waals surface area (Å²) in [5.41, 5.74) is 5.05. The highest BCUT2D eigenvalue weighted by molar-refractivity contribution is 5.89. The number of carbonyl (C=O) groups excluding carboxylic acids is 2. The minimum absolute atomic E-state index is 0.000321. The zero-order valence-electron chi connectivity index (χ0n) is 13.3. The Morgan fingerprint density at radius 3 is 2.25 bits per heavy atom. The van der Waals surface area contributed by atoms with Crippen molar-refractivity contribution in [1.82, 2.24) is 9.80 Å². The van der Waals surface area contributed by atoms with E-state index in [-0.39, 0.29) is 18.4 Å². The van der Waals surface area contributed by atoms with Crippen molar-refractivity contribution < 1.29 is 9.59 Å². The van der Waals surface area contributed by atoms with Crippen LogP contribution in [0.4, 0.5) is 0 Å². The van der Waals surface area contributed by atoms with Crippen molar-refractivity contribution in [3.05, 3.63) is 0 Å². The first-order valence-electron chi connectivity index (χ1n) is 7.59. The van der Waals surface area contributed by atoms with Gasteiger partial charge < -0.3 is 15.5 Å². The molecule has 0 aromatic carbocycles. The fourth-order valence-corrected chi connectivity index (χ4v) is 2.65. The van der Waals surface area contributed by atoms with E-state index in [1.807, 2.05) is 18.9 Å². The van der Waals surface area contributed by atoms with Crippen LogP contribution in [0, 0.1) is 0 Å². The molecule has 1 rings (SSSR count). The largest absolute Gasteiger partial charge is 0.341 e. The van der Waals surface area contributed by atoms with E-state index in [0.717, 1.165) is 12.8 Å². The maximum absolute atomic E-state index is 12.3. The molecular formula is C15H29N3O2. The Balaban J connectivity index is 2.54. The van der Waals surface area contributed by atoms with Crippen LogP contribution >= 0.6 is 0 Å². The third-order valence-electron chi connectivity index (χ3n) is 4.46. The highest BCUT2D eigenvalue weighted by Crippen LogP contribution is 2.21. The van der Waals surface area contributed by atoms with E-state index in [2.05, 4.69) is 0 Å². The van der Waals surface area contributed by atoms with E-state index in [1.54, 1.807) is 14.0 Å². The highest BCUT2D eigenvalue weighted by Gasteiger charge is 2.31. The van der Waals surface area contributed by atoms with Gasteiger partial charge in [-0.15, -0.1) is 0 Å². The third-order valence-corrected chi connectivity index (χ3v) is 4.46. The van der Waals surface area contributed by atoms with Gasteiger partial charge in [0.2, 0.25) is 11.8 Å². The van der Waals surface area contributed by atoms with E-state index in [1.165, 1.54) is 24.2 Å². The normalized spacial score (nSPS) is 19.2. The van der Waals surface area contributed by atoms with Gasteiger partial charge in [-0.1, -0.05) is 26.2 Å². The summed E-state index contributed by atoms with van der Waals surface area (Å²) in [5.74, 6) is -0.176. The minimum Gasteiger partial charge on any atom is -0.341 e. The van der Waals surface area contributed by atoms with Gasteiger partial charge in [0.05, 0.1) is 12.1 Å². The van der Waals surface area contributed by atoms with Gasteiger partial charge in [0.1, 0.15) is 0 Å². The molecule has 2 N–H and O–H groups in total. The SMILES string of the molecule is CCC(C)(N)C(=O)N(C)CC(=O)N(C)C1CCCCC1. The lowest BCUT2D eigenvalue weighted by molar-refractivity contribution is -0.142. The quantitative estimate of drug-likeness (QED) is 0.828. The smallest absolute Gasteiger partial charge is 0.242 e. The van der Waals surface area contributed by atoms with E-state index in [0.29, 0.717) is 12.5 Å². The van der Waals surface area contributed by atoms with Gasteiger partial charge >= 0.3 is 0 Å². The van der Waals surface area contributed by atoms with Crippen LogP contribution in [0.1, 0.15) is 52.4 Å². The summed E-state index contributed by atoms with van der Waals surface area (Å²) in [7, 11) is 3.49. The Bertz CT molecular complexity index is 349. The van der Waals surface area contributed by atoms with Gasteiger partial charge in [-0.25, -0.2) is 0 Å². The standard InChI is InChI=1S/C15H29N3O2/c1-5-15(2,16)14(20)17(3)11-13(19)18(4)12-9-7-6-8-10-12/h12H,5-11,16H2,1-4H3. The van der Waals surface area contributed by atoms with Gasteiger partial charge in [0.25, 0.3) is 0 Å². The number of rotatable bonds is 5. The molecule has 20 heavy (non-hydrogen) atoms. The molecule has 0 aliphatic heterocycles. The van der Waals surface area contributed by atoms with E-state index in [9.17, 15) is 9.59 Å². The number of amides is 2. The molecule has 5 nitrogen and oxygen atoms in total. The monoisotopic (exact) mass is 283 g/mol. The van der Waals surface area contributed by atoms with Crippen LogP contribution < -0.4 is 5.73 Å². The van der Waals surface area contributed by atoms with Crippen LogP contribution in [0.5, 0.6) is 0 Å². The maximum Gasteiger partial charge on any atom is 0.242 e. The number of carbonyl (C=O) groups is 2. The average molecular weight is 283 g/mol. The average Bonchev–Trinajstić information content (AvgIpc) is 2.46. The molecule has 0 bridgehead atoms. The van der Waals surface area contributed by atoms with Crippen LogP contribution in [-0.2, 0) is 9.59 Å². The lowest BCUT2D eigenvalue weighted by Gasteiger charge is -2.33. The Morgan fingerprint density at radius 2 is 1.75 bits per heavy atom. The molecule has 1 atom stereocenters. The highest BCUT2D eigenvalue weighted by atomic mass is 16.2. The number of nitrogens with two attached hydrogens (primary N) is 1. The molecule has 1 fully saturated rings. The van der Waals surface area contributed by atoms with E-state index < -0.39 is 5.54 Å². The summed E-state index contributed by atoms with van der Waals surface area (Å²) >= 11 is 0. The molecule has 1 aliphatic rings. The van der Waals surface area contributed by atoms with Crippen molar-refractivity contribution in [2.45, 2.75) is 64.0 Å². The number of likely N-dealkylation sites (N-methyl/N-ethyl adjacent to an activating group) is 2. The second kappa shape index (κ2) is 7.07. The zero-order chi connectivity index (χ0) is 15.3. The molecule has 0 saturated heterocycles. The van der Waals surface area contributed by atoms with Gasteiger partial charge in [0.15, 0.2) is 0 Å². The Morgan fingerprint density at radius 1 is 1.20 bits per heavy atom. The summed E-state index contributed by atoms with van der Waals surface area (Å²) in [5, 5.41) is 0. The summed E-state index contributed by atoms with van der Waals surface area (Å²) < 4.78 is 0. The molecule has 0 aromatic rings. The van der Waals surface area contributed by atoms with Crippen LogP contribution in [0.2, 0.25) is 0 Å². The summed E-state index contributed by atoms with van der Waals surface area (Å²) in [6.45, 7) is 3.70. The zero-order valence-corrected chi connectivity index (χ0v) is 13.3. The Hall–Kier alpha value is -1.10. The fraction of sp³-hybridized carbons (Fsp3) is 0.867. The van der Waals surface area contributed by atoms with Gasteiger partial charge in [0, 0.05) is 20.1 Å². The molecule has 0 heterocycles. The molecule has 1 saturated carbocycles. The molecule has 0 radical (unpaired) electrons. The number of hydrogen-bond donors (Lipinski definition) is 1. The van der Waals surface area contributed by atoms with Crippen molar-refractivity contribution in [2.75, 3.05) is 20.6 Å². The molecule has 0 aromatic heterocycles. The minimum atomic E-state index is -0.890. The van der Waals surface area contributed by atoms with E-state index >= 15 is 0 Å². The predicted octanol–water partition coefficient (Wildman–Crippen LogP) is 1.36. The summed E-state index contributed by atoms with van der Waals surface area (Å²) in [6.07, 6.45) is 6.34. The van der Waals surface area contributed by atoms with Gasteiger partial charge in [-0.2, -0.15) is 0 Å². The van der Waals surface area contributed by atoms with E-state index in [4.69, 9.17) is 5.73 Å². The van der Waals surface area contributed by atoms with Gasteiger partial charge in [-0.05, 0) is 26.2 Å². The van der Waals surface area contributed by atoms with Crippen LogP contribution in [0.15, 0.2) is 0 Å². The van der Waals surface area contributed by atoms with Crippen molar-refractivity contribution in [3.63, 3.8) is 0 Å². The Labute approximate surface area is 122 Å². The molecule has 116 valence electrons.